The summed E-state index contributed by atoms with van der Waals surface area (Å²) in [7, 11) is 1.63. The second kappa shape index (κ2) is 10.2. The van der Waals surface area contributed by atoms with Crippen LogP contribution in [0, 0.1) is 0 Å². The van der Waals surface area contributed by atoms with E-state index in [0.29, 0.717) is 33.9 Å². The number of hydrogen-bond acceptors (Lipinski definition) is 7. The predicted molar refractivity (Wildman–Crippen MR) is 119 cm³/mol. The van der Waals surface area contributed by atoms with Crippen LogP contribution in [0.2, 0.25) is 0 Å². The van der Waals surface area contributed by atoms with Crippen molar-refractivity contribution in [2.24, 2.45) is 5.73 Å². The summed E-state index contributed by atoms with van der Waals surface area (Å²) >= 11 is 2.90. The van der Waals surface area contributed by atoms with Crippen molar-refractivity contribution >= 4 is 35.2 Å². The molecule has 1 aromatic heterocycles. The molecule has 6 nitrogen and oxygen atoms in total. The lowest BCUT2D eigenvalue weighted by atomic mass is 10.2. The van der Waals surface area contributed by atoms with Crippen LogP contribution in [0.3, 0.4) is 0 Å². The Morgan fingerprint density at radius 1 is 1.07 bits per heavy atom. The second-order valence-corrected chi connectivity index (χ2v) is 7.82. The van der Waals surface area contributed by atoms with Crippen molar-refractivity contribution < 1.29 is 9.53 Å². The number of carbonyl (C=O) groups excluding carboxylic acids is 1. The van der Waals surface area contributed by atoms with Gasteiger partial charge < -0.3 is 15.8 Å². The molecule has 0 atom stereocenters. The molecule has 1 amide bonds. The molecule has 29 heavy (non-hydrogen) atoms. The number of benzene rings is 2. The summed E-state index contributed by atoms with van der Waals surface area (Å²) in [5.74, 6) is 1.37. The van der Waals surface area contributed by atoms with Crippen LogP contribution in [0.1, 0.15) is 21.5 Å². The Hall–Kier alpha value is -2.71. The van der Waals surface area contributed by atoms with Gasteiger partial charge in [-0.2, -0.15) is 0 Å². The summed E-state index contributed by atoms with van der Waals surface area (Å²) in [6.07, 6.45) is 1.90. The molecule has 0 aliphatic rings. The molecule has 150 valence electrons. The highest BCUT2D eigenvalue weighted by Gasteiger charge is 2.19. The molecule has 0 radical (unpaired) electrons. The largest absolute Gasteiger partial charge is 0.497 e. The third-order valence-corrected chi connectivity index (χ3v) is 5.72. The van der Waals surface area contributed by atoms with E-state index in [-0.39, 0.29) is 0 Å². The number of carbonyl (C=O) groups is 1. The number of nitrogens with zero attached hydrogens (tertiary/aromatic N) is 2. The maximum atomic E-state index is 12.2. The van der Waals surface area contributed by atoms with E-state index in [1.54, 1.807) is 7.11 Å². The summed E-state index contributed by atoms with van der Waals surface area (Å²) in [6.45, 7) is 0.498. The Kier molecular flexibility index (Phi) is 7.37. The SMILES string of the molecule is COc1ccc(CNc2nc(SC)nc(SCc3ccccc3)c2C(N)=O)cc1. The van der Waals surface area contributed by atoms with Crippen molar-refractivity contribution in [3.8, 4) is 5.75 Å². The van der Waals surface area contributed by atoms with Gasteiger partial charge in [-0.05, 0) is 29.5 Å². The van der Waals surface area contributed by atoms with Crippen LogP contribution in [0.15, 0.2) is 64.8 Å². The summed E-state index contributed by atoms with van der Waals surface area (Å²) in [4.78, 5) is 21.2. The molecule has 0 aliphatic heterocycles. The zero-order valence-electron chi connectivity index (χ0n) is 16.2. The monoisotopic (exact) mass is 426 g/mol. The topological polar surface area (TPSA) is 90.1 Å². The molecule has 1 heterocycles. The number of nitrogens with two attached hydrogens (primary N) is 1. The number of amides is 1. The second-order valence-electron chi connectivity index (χ2n) is 6.08. The fourth-order valence-electron chi connectivity index (χ4n) is 2.62. The van der Waals surface area contributed by atoms with Crippen LogP contribution in [-0.2, 0) is 12.3 Å². The van der Waals surface area contributed by atoms with Crippen LogP contribution >= 0.6 is 23.5 Å². The zero-order valence-corrected chi connectivity index (χ0v) is 17.8. The lowest BCUT2D eigenvalue weighted by Crippen LogP contribution is -2.18. The first-order chi connectivity index (χ1) is 14.1. The Balaban J connectivity index is 1.85. The van der Waals surface area contributed by atoms with Gasteiger partial charge in [-0.25, -0.2) is 9.97 Å². The fourth-order valence-corrected chi connectivity index (χ4v) is 4.03. The minimum absolute atomic E-state index is 0.317. The predicted octanol–water partition coefficient (Wildman–Crippen LogP) is 4.21. The number of nitrogens with one attached hydrogen (secondary N) is 1. The maximum Gasteiger partial charge on any atom is 0.255 e. The summed E-state index contributed by atoms with van der Waals surface area (Å²) in [5.41, 5.74) is 8.18. The maximum absolute atomic E-state index is 12.2. The molecule has 0 unspecified atom stereocenters. The van der Waals surface area contributed by atoms with Gasteiger partial charge in [0.05, 0.1) is 7.11 Å². The Morgan fingerprint density at radius 3 is 2.41 bits per heavy atom. The van der Waals surface area contributed by atoms with E-state index in [0.717, 1.165) is 16.9 Å². The van der Waals surface area contributed by atoms with Crippen LogP contribution in [0.4, 0.5) is 5.82 Å². The first kappa shape index (κ1) is 21.0. The minimum atomic E-state index is -0.551. The molecule has 0 spiro atoms. The van der Waals surface area contributed by atoms with Crippen LogP contribution in [-0.4, -0.2) is 29.2 Å². The number of primary amides is 1. The number of thioether (sulfide) groups is 2. The van der Waals surface area contributed by atoms with Gasteiger partial charge >= 0.3 is 0 Å². The van der Waals surface area contributed by atoms with Gasteiger partial charge in [0.2, 0.25) is 0 Å². The molecule has 0 saturated carbocycles. The summed E-state index contributed by atoms with van der Waals surface area (Å²) < 4.78 is 5.18. The van der Waals surface area contributed by atoms with E-state index in [1.807, 2.05) is 60.9 Å². The number of methoxy groups -OCH3 is 1. The number of rotatable bonds is 9. The molecular formula is C21H22N4O2S2. The smallest absolute Gasteiger partial charge is 0.255 e. The number of aromatic nitrogens is 2. The number of hydrogen-bond donors (Lipinski definition) is 2. The standard InChI is InChI=1S/C21H22N4O2S2/c1-27-16-10-8-14(9-11-16)12-23-19-17(18(22)26)20(25-21(24-19)28-2)29-13-15-6-4-3-5-7-15/h3-11H,12-13H2,1-2H3,(H2,22,26)(H,23,24,25). The van der Waals surface area contributed by atoms with E-state index in [9.17, 15) is 4.79 Å². The molecule has 3 aromatic rings. The van der Waals surface area contributed by atoms with Crippen LogP contribution in [0.5, 0.6) is 5.75 Å². The summed E-state index contributed by atoms with van der Waals surface area (Å²) in [5, 5.41) is 4.41. The van der Waals surface area contributed by atoms with Gasteiger partial charge in [0.25, 0.3) is 5.91 Å². The Morgan fingerprint density at radius 2 is 1.79 bits per heavy atom. The average Bonchev–Trinajstić information content (AvgIpc) is 2.76. The third-order valence-electron chi connectivity index (χ3n) is 4.12. The van der Waals surface area contributed by atoms with Gasteiger partial charge in [-0.1, -0.05) is 54.2 Å². The van der Waals surface area contributed by atoms with Crippen molar-refractivity contribution in [1.82, 2.24) is 9.97 Å². The van der Waals surface area contributed by atoms with Crippen LogP contribution < -0.4 is 15.8 Å². The lowest BCUT2D eigenvalue weighted by Gasteiger charge is -2.14. The highest BCUT2D eigenvalue weighted by molar-refractivity contribution is 7.99. The normalized spacial score (nSPS) is 10.6. The molecule has 0 fully saturated rings. The highest BCUT2D eigenvalue weighted by atomic mass is 32.2. The highest BCUT2D eigenvalue weighted by Crippen LogP contribution is 2.30. The van der Waals surface area contributed by atoms with E-state index >= 15 is 0 Å². The molecule has 3 N–H and O–H groups in total. The van der Waals surface area contributed by atoms with Crippen molar-refractivity contribution in [3.05, 3.63) is 71.3 Å². The number of ether oxygens (including phenoxy) is 1. The Labute approximate surface area is 178 Å². The van der Waals surface area contributed by atoms with Crippen molar-refractivity contribution in [3.63, 3.8) is 0 Å². The van der Waals surface area contributed by atoms with Gasteiger partial charge in [-0.3, -0.25) is 4.79 Å². The van der Waals surface area contributed by atoms with Crippen molar-refractivity contribution in [1.29, 1.82) is 0 Å². The van der Waals surface area contributed by atoms with Crippen molar-refractivity contribution in [2.75, 3.05) is 18.7 Å². The molecule has 2 aromatic carbocycles. The van der Waals surface area contributed by atoms with E-state index < -0.39 is 5.91 Å². The molecule has 3 rings (SSSR count). The average molecular weight is 427 g/mol. The quantitative estimate of drug-likeness (QED) is 0.301. The first-order valence-corrected chi connectivity index (χ1v) is 11.1. The van der Waals surface area contributed by atoms with E-state index in [1.165, 1.54) is 23.5 Å². The molecule has 0 aliphatic carbocycles. The first-order valence-electron chi connectivity index (χ1n) is 8.90. The molecule has 0 saturated heterocycles. The lowest BCUT2D eigenvalue weighted by molar-refractivity contribution is 0.0997. The Bertz CT molecular complexity index is 966. The minimum Gasteiger partial charge on any atom is -0.497 e. The van der Waals surface area contributed by atoms with E-state index in [4.69, 9.17) is 10.5 Å². The van der Waals surface area contributed by atoms with Crippen molar-refractivity contribution in [2.45, 2.75) is 22.5 Å². The van der Waals surface area contributed by atoms with Gasteiger partial charge in [0.1, 0.15) is 22.2 Å². The van der Waals surface area contributed by atoms with Crippen LogP contribution in [0.25, 0.3) is 0 Å². The third kappa shape index (κ3) is 5.65. The zero-order chi connectivity index (χ0) is 20.6. The van der Waals surface area contributed by atoms with Gasteiger partial charge in [0.15, 0.2) is 5.16 Å². The fraction of sp³-hybridized carbons (Fsp3) is 0.190. The van der Waals surface area contributed by atoms with E-state index in [2.05, 4.69) is 15.3 Å². The molecular weight excluding hydrogens is 404 g/mol. The number of anilines is 1. The van der Waals surface area contributed by atoms with Gasteiger partial charge in [0, 0.05) is 12.3 Å². The molecule has 0 bridgehead atoms. The molecule has 8 heteroatoms. The van der Waals surface area contributed by atoms with Gasteiger partial charge in [-0.15, -0.1) is 11.8 Å². The summed E-state index contributed by atoms with van der Waals surface area (Å²) in [6, 6.07) is 17.7.